The van der Waals surface area contributed by atoms with Crippen LogP contribution in [0.1, 0.15) is 16.2 Å². The van der Waals surface area contributed by atoms with Crippen LogP contribution in [0.25, 0.3) is 10.9 Å². The Hall–Kier alpha value is -2.74. The maximum absolute atomic E-state index is 12.1. The first kappa shape index (κ1) is 15.2. The molecule has 2 aromatic heterocycles. The number of carbonyl (C=O) groups is 1. The normalized spacial score (nSPS) is 10.7. The molecule has 3 rings (SSSR count). The number of fused-ring (bicyclic) bond motifs is 1. The van der Waals surface area contributed by atoms with Crippen LogP contribution < -0.4 is 5.56 Å². The molecule has 3 aromatic rings. The largest absolute Gasteiger partial charge is 0.465 e. The molecule has 2 heterocycles. The highest BCUT2D eigenvalue weighted by Crippen LogP contribution is 2.17. The summed E-state index contributed by atoms with van der Waals surface area (Å²) in [5.74, 6) is 0.432. The van der Waals surface area contributed by atoms with Gasteiger partial charge in [0.25, 0.3) is 5.56 Å². The minimum atomic E-state index is -0.470. The Labute approximate surface area is 135 Å². The van der Waals surface area contributed by atoms with Crippen molar-refractivity contribution in [2.24, 2.45) is 0 Å². The Morgan fingerprint density at radius 1 is 1.30 bits per heavy atom. The Bertz CT molecular complexity index is 911. The lowest BCUT2D eigenvalue weighted by molar-refractivity contribution is 0.0601. The number of ether oxygens (including phenoxy) is 1. The van der Waals surface area contributed by atoms with Crippen LogP contribution in [0, 0.1) is 0 Å². The van der Waals surface area contributed by atoms with Crippen LogP contribution in [-0.4, -0.2) is 33.0 Å². The van der Waals surface area contributed by atoms with E-state index in [2.05, 4.69) is 24.7 Å². The molecule has 0 bridgehead atoms. The lowest BCUT2D eigenvalue weighted by atomic mass is 10.1. The molecule has 7 nitrogen and oxygen atoms in total. The molecular weight excluding hydrogens is 316 g/mol. The number of nitrogens with zero attached hydrogens (tertiary/aromatic N) is 3. The number of carbonyl (C=O) groups excluding carboxylic acids is 1. The number of hydrogen-bond donors (Lipinski definition) is 1. The number of aromatic nitrogens is 4. The number of aromatic amines is 1. The zero-order valence-corrected chi connectivity index (χ0v) is 13.0. The van der Waals surface area contributed by atoms with Gasteiger partial charge in [-0.25, -0.2) is 19.7 Å². The van der Waals surface area contributed by atoms with Crippen molar-refractivity contribution < 1.29 is 9.53 Å². The molecule has 0 aliphatic carbocycles. The number of nitrogens with one attached hydrogen (secondary N) is 1. The van der Waals surface area contributed by atoms with Crippen LogP contribution in [0.5, 0.6) is 0 Å². The maximum atomic E-state index is 12.1. The summed E-state index contributed by atoms with van der Waals surface area (Å²) in [5.41, 5.74) is 0.542. The standard InChI is InChI=1S/C15H12N4O3S/c1-22-14(21)9-3-4-10-11(7-9)18-12(19-13(10)20)8-23-15-16-5-2-6-17-15/h2-7H,8H2,1H3,(H,18,19,20). The summed E-state index contributed by atoms with van der Waals surface area (Å²) >= 11 is 1.36. The van der Waals surface area contributed by atoms with E-state index >= 15 is 0 Å². The lowest BCUT2D eigenvalue weighted by Gasteiger charge is -2.04. The van der Waals surface area contributed by atoms with Gasteiger partial charge in [-0.2, -0.15) is 0 Å². The van der Waals surface area contributed by atoms with Gasteiger partial charge in [0.1, 0.15) is 5.82 Å². The lowest BCUT2D eigenvalue weighted by Crippen LogP contribution is -2.12. The van der Waals surface area contributed by atoms with E-state index in [0.717, 1.165) is 0 Å². The number of H-pyrrole nitrogens is 1. The van der Waals surface area contributed by atoms with Crippen LogP contribution in [0.15, 0.2) is 46.6 Å². The highest BCUT2D eigenvalue weighted by Gasteiger charge is 2.10. The molecule has 116 valence electrons. The van der Waals surface area contributed by atoms with E-state index < -0.39 is 5.97 Å². The van der Waals surface area contributed by atoms with Crippen molar-refractivity contribution in [3.05, 3.63) is 58.4 Å². The Morgan fingerprint density at radius 2 is 2.09 bits per heavy atom. The van der Waals surface area contributed by atoms with Crippen molar-refractivity contribution in [2.75, 3.05) is 7.11 Å². The van der Waals surface area contributed by atoms with Gasteiger partial charge < -0.3 is 9.72 Å². The minimum absolute atomic E-state index is 0.254. The van der Waals surface area contributed by atoms with E-state index in [1.54, 1.807) is 30.6 Å². The van der Waals surface area contributed by atoms with E-state index in [9.17, 15) is 9.59 Å². The molecule has 0 radical (unpaired) electrons. The van der Waals surface area contributed by atoms with Crippen molar-refractivity contribution >= 4 is 28.6 Å². The molecule has 0 fully saturated rings. The molecule has 0 amide bonds. The first-order valence-corrected chi connectivity index (χ1v) is 7.67. The summed E-state index contributed by atoms with van der Waals surface area (Å²) in [6.07, 6.45) is 3.29. The molecule has 0 aliphatic rings. The number of rotatable bonds is 4. The van der Waals surface area contributed by atoms with Crippen LogP contribution in [0.4, 0.5) is 0 Å². The second-order valence-corrected chi connectivity index (χ2v) is 5.50. The highest BCUT2D eigenvalue weighted by molar-refractivity contribution is 7.98. The van der Waals surface area contributed by atoms with Crippen LogP contribution in [0.2, 0.25) is 0 Å². The average molecular weight is 328 g/mol. The zero-order chi connectivity index (χ0) is 16.2. The first-order chi connectivity index (χ1) is 11.2. The molecule has 0 atom stereocenters. The highest BCUT2D eigenvalue weighted by atomic mass is 32.2. The predicted molar refractivity (Wildman–Crippen MR) is 85.3 cm³/mol. The molecular formula is C15H12N4O3S. The molecule has 23 heavy (non-hydrogen) atoms. The fraction of sp³-hybridized carbons (Fsp3) is 0.133. The third kappa shape index (κ3) is 3.37. The van der Waals surface area contributed by atoms with Crippen molar-refractivity contribution in [1.29, 1.82) is 0 Å². The predicted octanol–water partition coefficient (Wildman–Crippen LogP) is 1.79. The summed E-state index contributed by atoms with van der Waals surface area (Å²) in [6, 6.07) is 6.38. The summed E-state index contributed by atoms with van der Waals surface area (Å²) in [4.78, 5) is 39.0. The van der Waals surface area contributed by atoms with E-state index in [1.165, 1.54) is 24.9 Å². The van der Waals surface area contributed by atoms with Gasteiger partial charge in [-0.1, -0.05) is 11.8 Å². The van der Waals surface area contributed by atoms with Gasteiger partial charge in [0, 0.05) is 12.4 Å². The van der Waals surface area contributed by atoms with Gasteiger partial charge >= 0.3 is 5.97 Å². The smallest absolute Gasteiger partial charge is 0.337 e. The van der Waals surface area contributed by atoms with Crippen LogP contribution in [0.3, 0.4) is 0 Å². The van der Waals surface area contributed by atoms with Crippen molar-refractivity contribution in [2.45, 2.75) is 10.9 Å². The monoisotopic (exact) mass is 328 g/mol. The molecule has 0 saturated carbocycles. The van der Waals surface area contributed by atoms with Crippen molar-refractivity contribution in [3.8, 4) is 0 Å². The van der Waals surface area contributed by atoms with Crippen molar-refractivity contribution in [1.82, 2.24) is 19.9 Å². The van der Waals surface area contributed by atoms with Gasteiger partial charge in [-0.15, -0.1) is 0 Å². The summed E-state index contributed by atoms with van der Waals surface area (Å²) < 4.78 is 4.68. The number of esters is 1. The fourth-order valence-corrected chi connectivity index (χ4v) is 2.67. The van der Waals surface area contributed by atoms with E-state index in [0.29, 0.717) is 33.2 Å². The van der Waals surface area contributed by atoms with E-state index in [-0.39, 0.29) is 5.56 Å². The molecule has 0 spiro atoms. The zero-order valence-electron chi connectivity index (χ0n) is 12.1. The quantitative estimate of drug-likeness (QED) is 0.443. The third-order valence-electron chi connectivity index (χ3n) is 3.06. The molecule has 1 aromatic carbocycles. The average Bonchev–Trinajstić information content (AvgIpc) is 2.59. The minimum Gasteiger partial charge on any atom is -0.465 e. The van der Waals surface area contributed by atoms with Gasteiger partial charge in [0.2, 0.25) is 0 Å². The van der Waals surface area contributed by atoms with Gasteiger partial charge in [0.15, 0.2) is 5.16 Å². The SMILES string of the molecule is COC(=O)c1ccc2c(=O)[nH]c(CSc3ncccn3)nc2c1. The van der Waals surface area contributed by atoms with Gasteiger partial charge in [0.05, 0.1) is 29.3 Å². The Morgan fingerprint density at radius 3 is 2.83 bits per heavy atom. The van der Waals surface area contributed by atoms with Crippen molar-refractivity contribution in [3.63, 3.8) is 0 Å². The third-order valence-corrected chi connectivity index (χ3v) is 3.94. The van der Waals surface area contributed by atoms with E-state index in [4.69, 9.17) is 0 Å². The number of benzene rings is 1. The fourth-order valence-electron chi connectivity index (χ4n) is 1.99. The molecule has 1 N–H and O–H groups in total. The summed E-state index contributed by atoms with van der Waals surface area (Å²) in [5, 5.41) is 1.01. The molecule has 0 saturated heterocycles. The van der Waals surface area contributed by atoms with Gasteiger partial charge in [-0.3, -0.25) is 4.79 Å². The second kappa shape index (κ2) is 6.57. The number of hydrogen-bond acceptors (Lipinski definition) is 7. The topological polar surface area (TPSA) is 97.8 Å². The number of methoxy groups -OCH3 is 1. The molecule has 0 aliphatic heterocycles. The first-order valence-electron chi connectivity index (χ1n) is 6.68. The van der Waals surface area contributed by atoms with Gasteiger partial charge in [-0.05, 0) is 24.3 Å². The molecule has 0 unspecified atom stereocenters. The Kier molecular flexibility index (Phi) is 4.33. The van der Waals surface area contributed by atoms with Crippen LogP contribution >= 0.6 is 11.8 Å². The summed E-state index contributed by atoms with van der Waals surface area (Å²) in [7, 11) is 1.31. The molecule has 8 heteroatoms. The second-order valence-electron chi connectivity index (χ2n) is 4.56. The van der Waals surface area contributed by atoms with Crippen LogP contribution in [-0.2, 0) is 10.5 Å². The Balaban J connectivity index is 1.92. The summed E-state index contributed by atoms with van der Waals surface area (Å²) in [6.45, 7) is 0. The van der Waals surface area contributed by atoms with E-state index in [1.807, 2.05) is 0 Å². The number of thioether (sulfide) groups is 1. The maximum Gasteiger partial charge on any atom is 0.337 e.